The molecule has 1 N–H and O–H groups in total. The van der Waals surface area contributed by atoms with Gasteiger partial charge in [-0.15, -0.1) is 11.8 Å². The molecule has 1 amide bonds. The zero-order valence-corrected chi connectivity index (χ0v) is 12.2. The number of morpholine rings is 1. The Morgan fingerprint density at radius 3 is 3.16 bits per heavy atom. The Morgan fingerprint density at radius 2 is 2.42 bits per heavy atom. The molecule has 1 saturated heterocycles. The summed E-state index contributed by atoms with van der Waals surface area (Å²) < 4.78 is 5.46. The molecule has 1 heterocycles. The number of amides is 1. The molecule has 1 atom stereocenters. The van der Waals surface area contributed by atoms with Gasteiger partial charge in [-0.05, 0) is 31.4 Å². The second-order valence-corrected chi connectivity index (χ2v) is 5.58. The van der Waals surface area contributed by atoms with Gasteiger partial charge in [-0.1, -0.05) is 6.07 Å². The van der Waals surface area contributed by atoms with E-state index in [9.17, 15) is 4.79 Å². The molecule has 1 aromatic carbocycles. The van der Waals surface area contributed by atoms with Gasteiger partial charge in [0.1, 0.15) is 0 Å². The van der Waals surface area contributed by atoms with Crippen molar-refractivity contribution in [2.75, 3.05) is 37.8 Å². The van der Waals surface area contributed by atoms with Crippen molar-refractivity contribution >= 4 is 23.4 Å². The monoisotopic (exact) mass is 280 g/mol. The topological polar surface area (TPSA) is 41.6 Å². The Hall–Kier alpha value is -1.04. The van der Waals surface area contributed by atoms with E-state index < -0.39 is 0 Å². The van der Waals surface area contributed by atoms with Crippen LogP contribution in [0.5, 0.6) is 0 Å². The van der Waals surface area contributed by atoms with Crippen LogP contribution in [-0.4, -0.2) is 49.4 Å². The van der Waals surface area contributed by atoms with Crippen LogP contribution in [0, 0.1) is 0 Å². The van der Waals surface area contributed by atoms with Gasteiger partial charge in [-0.25, -0.2) is 0 Å². The van der Waals surface area contributed by atoms with Crippen molar-refractivity contribution in [3.63, 3.8) is 0 Å². The first-order chi connectivity index (χ1) is 9.17. The Morgan fingerprint density at radius 1 is 1.58 bits per heavy atom. The lowest BCUT2D eigenvalue weighted by Gasteiger charge is -2.30. The molecule has 0 aromatic heterocycles. The second-order valence-electron chi connectivity index (χ2n) is 4.70. The van der Waals surface area contributed by atoms with Crippen LogP contribution in [0.25, 0.3) is 0 Å². The first-order valence-electron chi connectivity index (χ1n) is 6.45. The van der Waals surface area contributed by atoms with E-state index in [2.05, 4.69) is 10.2 Å². The van der Waals surface area contributed by atoms with E-state index in [0.717, 1.165) is 23.7 Å². The van der Waals surface area contributed by atoms with Gasteiger partial charge in [0.25, 0.3) is 0 Å². The lowest BCUT2D eigenvalue weighted by molar-refractivity contribution is -0.119. The lowest BCUT2D eigenvalue weighted by Crippen LogP contribution is -2.44. The fourth-order valence-electron chi connectivity index (χ4n) is 2.14. The molecule has 0 radical (unpaired) electrons. The Bertz CT molecular complexity index is 439. The van der Waals surface area contributed by atoms with Gasteiger partial charge in [0, 0.05) is 23.7 Å². The van der Waals surface area contributed by atoms with E-state index >= 15 is 0 Å². The highest BCUT2D eigenvalue weighted by Crippen LogP contribution is 2.18. The van der Waals surface area contributed by atoms with Gasteiger partial charge in [0.2, 0.25) is 5.91 Å². The van der Waals surface area contributed by atoms with E-state index in [4.69, 9.17) is 4.74 Å². The molecule has 19 heavy (non-hydrogen) atoms. The van der Waals surface area contributed by atoms with Crippen molar-refractivity contribution in [3.8, 4) is 0 Å². The molecule has 1 fully saturated rings. The molecule has 1 aliphatic heterocycles. The summed E-state index contributed by atoms with van der Waals surface area (Å²) in [7, 11) is 0. The van der Waals surface area contributed by atoms with E-state index in [1.54, 1.807) is 11.8 Å². The van der Waals surface area contributed by atoms with Crippen molar-refractivity contribution in [2.45, 2.75) is 17.9 Å². The summed E-state index contributed by atoms with van der Waals surface area (Å²) in [6.07, 6.45) is 2.23. The number of ether oxygens (including phenoxy) is 1. The molecule has 4 nitrogen and oxygen atoms in total. The molecule has 0 bridgehead atoms. The van der Waals surface area contributed by atoms with Gasteiger partial charge in [-0.2, -0.15) is 0 Å². The largest absolute Gasteiger partial charge is 0.376 e. The third-order valence-electron chi connectivity index (χ3n) is 3.05. The fourth-order valence-corrected chi connectivity index (χ4v) is 2.60. The minimum atomic E-state index is 0.0346. The highest BCUT2D eigenvalue weighted by molar-refractivity contribution is 7.98. The summed E-state index contributed by atoms with van der Waals surface area (Å²) in [5.41, 5.74) is 0.859. The van der Waals surface area contributed by atoms with Crippen molar-refractivity contribution < 1.29 is 9.53 Å². The van der Waals surface area contributed by atoms with Gasteiger partial charge in [0.05, 0.1) is 19.3 Å². The number of carbonyl (C=O) groups is 1. The van der Waals surface area contributed by atoms with Gasteiger partial charge in [-0.3, -0.25) is 9.69 Å². The van der Waals surface area contributed by atoms with Gasteiger partial charge < -0.3 is 10.1 Å². The maximum atomic E-state index is 12.0. The fraction of sp³-hybridized carbons (Fsp3) is 0.500. The van der Waals surface area contributed by atoms with Crippen LogP contribution in [0.1, 0.15) is 6.92 Å². The number of nitrogens with one attached hydrogen (secondary N) is 1. The SMILES string of the molecule is CSc1cccc(NC(=O)CN2CCOC(C)C2)c1. The molecule has 1 aromatic rings. The number of hydrogen-bond acceptors (Lipinski definition) is 4. The number of rotatable bonds is 4. The van der Waals surface area contributed by atoms with E-state index in [1.807, 2.05) is 37.4 Å². The second kappa shape index (κ2) is 6.93. The Kier molecular flexibility index (Phi) is 5.24. The minimum Gasteiger partial charge on any atom is -0.376 e. The minimum absolute atomic E-state index is 0.0346. The first kappa shape index (κ1) is 14.4. The number of carbonyl (C=O) groups excluding carboxylic acids is 1. The third kappa shape index (κ3) is 4.53. The molecule has 104 valence electrons. The summed E-state index contributed by atoms with van der Waals surface area (Å²) in [4.78, 5) is 15.3. The predicted octanol–water partition coefficient (Wildman–Crippen LogP) is 2.07. The number of benzene rings is 1. The van der Waals surface area contributed by atoms with Crippen molar-refractivity contribution in [1.29, 1.82) is 0 Å². The molecule has 0 aliphatic carbocycles. The van der Waals surface area contributed by atoms with Crippen molar-refractivity contribution in [2.24, 2.45) is 0 Å². The Balaban J connectivity index is 1.86. The average Bonchev–Trinajstić information content (AvgIpc) is 2.38. The van der Waals surface area contributed by atoms with Crippen LogP contribution in [0.4, 0.5) is 5.69 Å². The third-order valence-corrected chi connectivity index (χ3v) is 3.77. The van der Waals surface area contributed by atoms with E-state index in [0.29, 0.717) is 13.2 Å². The molecule has 0 spiro atoms. The predicted molar refractivity (Wildman–Crippen MR) is 78.7 cm³/mol. The summed E-state index contributed by atoms with van der Waals surface area (Å²) in [5.74, 6) is 0.0346. The molecular formula is C14H20N2O2S. The van der Waals surface area contributed by atoms with Crippen LogP contribution in [0.2, 0.25) is 0 Å². The van der Waals surface area contributed by atoms with Gasteiger partial charge in [0.15, 0.2) is 0 Å². The average molecular weight is 280 g/mol. The zero-order valence-electron chi connectivity index (χ0n) is 11.4. The van der Waals surface area contributed by atoms with E-state index in [-0.39, 0.29) is 12.0 Å². The van der Waals surface area contributed by atoms with Crippen molar-refractivity contribution in [3.05, 3.63) is 24.3 Å². The normalized spacial score (nSPS) is 20.2. The number of hydrogen-bond donors (Lipinski definition) is 1. The lowest BCUT2D eigenvalue weighted by atomic mass is 10.3. The molecule has 2 rings (SSSR count). The maximum Gasteiger partial charge on any atom is 0.238 e. The standard InChI is InChI=1S/C14H20N2O2S/c1-11-9-16(6-7-18-11)10-14(17)15-12-4-3-5-13(8-12)19-2/h3-5,8,11H,6-7,9-10H2,1-2H3,(H,15,17). The highest BCUT2D eigenvalue weighted by atomic mass is 32.2. The summed E-state index contributed by atoms with van der Waals surface area (Å²) in [6, 6.07) is 7.90. The summed E-state index contributed by atoms with van der Waals surface area (Å²) in [5, 5.41) is 2.94. The highest BCUT2D eigenvalue weighted by Gasteiger charge is 2.18. The quantitative estimate of drug-likeness (QED) is 0.857. The zero-order chi connectivity index (χ0) is 13.7. The number of anilines is 1. The number of thioether (sulfide) groups is 1. The number of nitrogens with zero attached hydrogens (tertiary/aromatic N) is 1. The van der Waals surface area contributed by atoms with Crippen molar-refractivity contribution in [1.82, 2.24) is 4.90 Å². The smallest absolute Gasteiger partial charge is 0.238 e. The van der Waals surface area contributed by atoms with Crippen LogP contribution < -0.4 is 5.32 Å². The summed E-state index contributed by atoms with van der Waals surface area (Å²) >= 11 is 1.67. The Labute approximate surface area is 118 Å². The first-order valence-corrected chi connectivity index (χ1v) is 7.67. The molecule has 1 aliphatic rings. The van der Waals surface area contributed by atoms with Crippen LogP contribution >= 0.6 is 11.8 Å². The van der Waals surface area contributed by atoms with E-state index in [1.165, 1.54) is 0 Å². The molecular weight excluding hydrogens is 260 g/mol. The molecule has 1 unspecified atom stereocenters. The molecule has 0 saturated carbocycles. The summed E-state index contributed by atoms with van der Waals surface area (Å²) in [6.45, 7) is 4.81. The van der Waals surface area contributed by atoms with Crippen LogP contribution in [-0.2, 0) is 9.53 Å². The molecule has 5 heteroatoms. The maximum absolute atomic E-state index is 12.0. The van der Waals surface area contributed by atoms with Gasteiger partial charge >= 0.3 is 0 Å². The van der Waals surface area contributed by atoms with Crippen LogP contribution in [0.15, 0.2) is 29.2 Å². The van der Waals surface area contributed by atoms with Crippen LogP contribution in [0.3, 0.4) is 0 Å².